The number of hydrogen-bond acceptors (Lipinski definition) is 7. The SMILES string of the molecule is CCOc1ccc(C=Cc2ccccc2S(=O)(=O)Oc2cccc3c2CNC3)c(S(=O)(=O)O)c1. The molecule has 34 heavy (non-hydrogen) atoms. The second kappa shape index (κ2) is 9.59. The molecule has 0 bridgehead atoms. The molecule has 0 amide bonds. The molecule has 0 spiro atoms. The molecule has 2 N–H and O–H groups in total. The van der Waals surface area contributed by atoms with Gasteiger partial charge in [0.2, 0.25) is 0 Å². The summed E-state index contributed by atoms with van der Waals surface area (Å²) in [6, 6.07) is 15.7. The van der Waals surface area contributed by atoms with E-state index in [1.807, 2.05) is 6.07 Å². The van der Waals surface area contributed by atoms with Crippen molar-refractivity contribution in [2.75, 3.05) is 6.61 Å². The number of benzene rings is 3. The van der Waals surface area contributed by atoms with E-state index in [0.717, 1.165) is 11.1 Å². The number of hydrogen-bond donors (Lipinski definition) is 2. The summed E-state index contributed by atoms with van der Waals surface area (Å²) in [5.74, 6) is 0.551. The van der Waals surface area contributed by atoms with Crippen LogP contribution in [0, 0.1) is 0 Å². The third-order valence-corrected chi connectivity index (χ3v) is 7.47. The molecule has 0 fully saturated rings. The summed E-state index contributed by atoms with van der Waals surface area (Å²) in [5.41, 5.74) is 2.25. The molecule has 0 unspecified atom stereocenters. The lowest BCUT2D eigenvalue weighted by atomic mass is 10.1. The lowest BCUT2D eigenvalue weighted by Gasteiger charge is -2.12. The standard InChI is InChI=1S/C24H23NO7S2/c1-2-31-20-13-12-18(24(14-20)33(26,27)28)11-10-17-6-3-4-9-23(17)34(29,30)32-22-8-5-7-19-15-25-16-21(19)22/h3-14,25H,2,15-16H2,1H3,(H,26,27,28). The maximum atomic E-state index is 13.1. The van der Waals surface area contributed by atoms with Gasteiger partial charge in [0.25, 0.3) is 10.1 Å². The van der Waals surface area contributed by atoms with E-state index in [2.05, 4.69) is 5.32 Å². The Morgan fingerprint density at radius 1 is 0.912 bits per heavy atom. The van der Waals surface area contributed by atoms with Crippen molar-refractivity contribution >= 4 is 32.4 Å². The Bertz CT molecular complexity index is 1460. The summed E-state index contributed by atoms with van der Waals surface area (Å²) in [7, 11) is -8.73. The topological polar surface area (TPSA) is 119 Å². The minimum absolute atomic E-state index is 0.0749. The van der Waals surface area contributed by atoms with Gasteiger partial charge in [-0.05, 0) is 47.9 Å². The molecule has 0 radical (unpaired) electrons. The zero-order valence-electron chi connectivity index (χ0n) is 18.3. The average Bonchev–Trinajstić information content (AvgIpc) is 3.28. The van der Waals surface area contributed by atoms with Crippen molar-refractivity contribution in [1.29, 1.82) is 0 Å². The van der Waals surface area contributed by atoms with E-state index in [0.29, 0.717) is 25.3 Å². The number of ether oxygens (including phenoxy) is 1. The van der Waals surface area contributed by atoms with Crippen molar-refractivity contribution < 1.29 is 30.3 Å². The van der Waals surface area contributed by atoms with E-state index < -0.39 is 20.2 Å². The number of fused-ring (bicyclic) bond motifs is 1. The van der Waals surface area contributed by atoms with Crippen LogP contribution >= 0.6 is 0 Å². The summed E-state index contributed by atoms with van der Waals surface area (Å²) in [4.78, 5) is -0.423. The van der Waals surface area contributed by atoms with Crippen LogP contribution in [0.1, 0.15) is 29.2 Å². The molecule has 10 heteroatoms. The molecular weight excluding hydrogens is 478 g/mol. The Labute approximate surface area is 198 Å². The first kappa shape index (κ1) is 24.0. The van der Waals surface area contributed by atoms with Gasteiger partial charge >= 0.3 is 10.1 Å². The van der Waals surface area contributed by atoms with Gasteiger partial charge in [0.05, 0.1) is 6.61 Å². The molecule has 0 atom stereocenters. The Balaban J connectivity index is 1.69. The Hall–Kier alpha value is -3.18. The molecule has 1 aliphatic heterocycles. The van der Waals surface area contributed by atoms with E-state index in [-0.39, 0.29) is 26.9 Å². The first-order chi connectivity index (χ1) is 16.2. The highest BCUT2D eigenvalue weighted by Gasteiger charge is 2.24. The zero-order chi connectivity index (χ0) is 24.3. The molecule has 3 aromatic carbocycles. The van der Waals surface area contributed by atoms with Gasteiger partial charge in [-0.15, -0.1) is 0 Å². The molecule has 3 aromatic rings. The van der Waals surface area contributed by atoms with Gasteiger partial charge in [-0.25, -0.2) is 0 Å². The predicted octanol–water partition coefficient (Wildman–Crippen LogP) is 3.87. The highest BCUT2D eigenvalue weighted by molar-refractivity contribution is 7.87. The van der Waals surface area contributed by atoms with Crippen LogP contribution in [0.2, 0.25) is 0 Å². The third kappa shape index (κ3) is 5.15. The molecule has 1 heterocycles. The normalized spacial score (nSPS) is 13.7. The fourth-order valence-electron chi connectivity index (χ4n) is 3.70. The molecule has 8 nitrogen and oxygen atoms in total. The number of rotatable bonds is 8. The van der Waals surface area contributed by atoms with E-state index in [1.165, 1.54) is 30.4 Å². The molecule has 0 aromatic heterocycles. The molecule has 0 saturated carbocycles. The second-order valence-electron chi connectivity index (χ2n) is 7.51. The van der Waals surface area contributed by atoms with Gasteiger partial charge in [0, 0.05) is 24.7 Å². The van der Waals surface area contributed by atoms with Gasteiger partial charge < -0.3 is 14.2 Å². The molecule has 0 saturated heterocycles. The Morgan fingerprint density at radius 3 is 2.38 bits per heavy atom. The summed E-state index contributed by atoms with van der Waals surface area (Å²) in [5, 5.41) is 3.17. The maximum Gasteiger partial charge on any atom is 0.339 e. The van der Waals surface area contributed by atoms with Crippen LogP contribution in [-0.4, -0.2) is 28.0 Å². The van der Waals surface area contributed by atoms with Gasteiger partial charge in [-0.3, -0.25) is 4.55 Å². The van der Waals surface area contributed by atoms with Crippen molar-refractivity contribution in [1.82, 2.24) is 5.32 Å². The monoisotopic (exact) mass is 501 g/mol. The van der Waals surface area contributed by atoms with Crippen LogP contribution < -0.4 is 14.2 Å². The fraction of sp³-hybridized carbons (Fsp3) is 0.167. The van der Waals surface area contributed by atoms with E-state index in [1.54, 1.807) is 43.3 Å². The minimum atomic E-state index is -4.54. The van der Waals surface area contributed by atoms with Gasteiger partial charge in [-0.2, -0.15) is 16.8 Å². The van der Waals surface area contributed by atoms with Gasteiger partial charge in [-0.1, -0.05) is 42.5 Å². The summed E-state index contributed by atoms with van der Waals surface area (Å²) in [6.45, 7) is 3.23. The van der Waals surface area contributed by atoms with Crippen LogP contribution in [0.15, 0.2) is 70.5 Å². The first-order valence-corrected chi connectivity index (χ1v) is 13.3. The molecule has 4 rings (SSSR count). The lowest BCUT2D eigenvalue weighted by molar-refractivity contribution is 0.339. The Kier molecular flexibility index (Phi) is 6.76. The van der Waals surface area contributed by atoms with Crippen LogP contribution in [0.25, 0.3) is 12.2 Å². The fourth-order valence-corrected chi connectivity index (χ4v) is 5.55. The second-order valence-corrected chi connectivity index (χ2v) is 10.4. The Morgan fingerprint density at radius 2 is 1.65 bits per heavy atom. The highest BCUT2D eigenvalue weighted by Crippen LogP contribution is 2.30. The van der Waals surface area contributed by atoms with Crippen LogP contribution in [-0.2, 0) is 33.3 Å². The van der Waals surface area contributed by atoms with Gasteiger partial charge in [0.1, 0.15) is 21.3 Å². The minimum Gasteiger partial charge on any atom is -0.494 e. The maximum absolute atomic E-state index is 13.1. The van der Waals surface area contributed by atoms with Crippen molar-refractivity contribution in [3.05, 3.63) is 82.9 Å². The smallest absolute Gasteiger partial charge is 0.339 e. The zero-order valence-corrected chi connectivity index (χ0v) is 19.9. The van der Waals surface area contributed by atoms with Crippen LogP contribution in [0.3, 0.4) is 0 Å². The van der Waals surface area contributed by atoms with Crippen molar-refractivity contribution in [3.63, 3.8) is 0 Å². The molecule has 0 aliphatic carbocycles. The van der Waals surface area contributed by atoms with Crippen molar-refractivity contribution in [2.45, 2.75) is 29.8 Å². The van der Waals surface area contributed by atoms with E-state index in [4.69, 9.17) is 8.92 Å². The third-order valence-electron chi connectivity index (χ3n) is 5.25. The first-order valence-electron chi connectivity index (χ1n) is 10.5. The quantitative estimate of drug-likeness (QED) is 0.271. The van der Waals surface area contributed by atoms with Crippen LogP contribution in [0.4, 0.5) is 0 Å². The lowest BCUT2D eigenvalue weighted by Crippen LogP contribution is -2.12. The van der Waals surface area contributed by atoms with E-state index >= 15 is 0 Å². The van der Waals surface area contributed by atoms with E-state index in [9.17, 15) is 21.4 Å². The summed E-state index contributed by atoms with van der Waals surface area (Å²) >= 11 is 0. The van der Waals surface area contributed by atoms with Crippen molar-refractivity contribution in [2.24, 2.45) is 0 Å². The number of nitrogens with one attached hydrogen (secondary N) is 1. The van der Waals surface area contributed by atoms with Crippen molar-refractivity contribution in [3.8, 4) is 11.5 Å². The average molecular weight is 502 g/mol. The molecular formula is C24H23NO7S2. The van der Waals surface area contributed by atoms with Crippen LogP contribution in [0.5, 0.6) is 11.5 Å². The van der Waals surface area contributed by atoms with Gasteiger partial charge in [0.15, 0.2) is 0 Å². The molecule has 1 aliphatic rings. The predicted molar refractivity (Wildman–Crippen MR) is 128 cm³/mol. The summed E-state index contributed by atoms with van der Waals surface area (Å²) < 4.78 is 70.5. The molecule has 178 valence electrons. The largest absolute Gasteiger partial charge is 0.494 e. The highest BCUT2D eigenvalue weighted by atomic mass is 32.2. The summed E-state index contributed by atoms with van der Waals surface area (Å²) in [6.07, 6.45) is 2.87.